The van der Waals surface area contributed by atoms with Crippen molar-refractivity contribution in [2.24, 2.45) is 7.05 Å². The number of nitrogens with zero attached hydrogens (tertiary/aromatic N) is 3. The third-order valence-electron chi connectivity index (χ3n) is 5.16. The summed E-state index contributed by atoms with van der Waals surface area (Å²) in [6.45, 7) is 2.00. The normalized spacial score (nSPS) is 10.7. The molecule has 33 heavy (non-hydrogen) atoms. The van der Waals surface area contributed by atoms with Gasteiger partial charge in [0.1, 0.15) is 11.5 Å². The number of carbonyl (C=O) groups is 1. The molecule has 0 bridgehead atoms. The van der Waals surface area contributed by atoms with E-state index in [1.54, 1.807) is 47.4 Å². The van der Waals surface area contributed by atoms with Crippen LogP contribution in [0.3, 0.4) is 0 Å². The first-order valence-corrected chi connectivity index (χ1v) is 10.3. The van der Waals surface area contributed by atoms with E-state index in [0.717, 1.165) is 11.3 Å². The molecule has 8 heteroatoms. The van der Waals surface area contributed by atoms with Crippen molar-refractivity contribution in [3.63, 3.8) is 0 Å². The summed E-state index contributed by atoms with van der Waals surface area (Å²) in [6.07, 6.45) is 5.27. The summed E-state index contributed by atoms with van der Waals surface area (Å²) in [4.78, 5) is 17.2. The number of halogens is 1. The van der Waals surface area contributed by atoms with Gasteiger partial charge >= 0.3 is 0 Å². The van der Waals surface area contributed by atoms with Gasteiger partial charge in [0, 0.05) is 48.7 Å². The zero-order chi connectivity index (χ0) is 23.4. The van der Waals surface area contributed by atoms with Crippen LogP contribution in [0.5, 0.6) is 17.2 Å². The van der Waals surface area contributed by atoms with E-state index < -0.39 is 5.82 Å². The van der Waals surface area contributed by atoms with E-state index in [2.05, 4.69) is 15.4 Å². The van der Waals surface area contributed by atoms with Crippen molar-refractivity contribution in [3.8, 4) is 28.5 Å². The predicted molar refractivity (Wildman–Crippen MR) is 122 cm³/mol. The first-order valence-electron chi connectivity index (χ1n) is 10.3. The number of methoxy groups -OCH3 is 1. The molecule has 1 amide bonds. The smallest absolute Gasteiger partial charge is 0.251 e. The number of aryl methyl sites for hydroxylation is 1. The first-order chi connectivity index (χ1) is 15.9. The largest absolute Gasteiger partial charge is 0.494 e. The molecule has 0 unspecified atom stereocenters. The Morgan fingerprint density at radius 2 is 2.00 bits per heavy atom. The Hall–Kier alpha value is -4.20. The van der Waals surface area contributed by atoms with Crippen molar-refractivity contribution in [2.75, 3.05) is 7.11 Å². The fraction of sp³-hybridized carbons (Fsp3) is 0.160. The summed E-state index contributed by atoms with van der Waals surface area (Å²) in [5.41, 5.74) is 3.41. The van der Waals surface area contributed by atoms with E-state index >= 15 is 0 Å². The Labute approximate surface area is 190 Å². The number of benzene rings is 2. The SMILES string of the molecule is COc1ccc(CNC(=O)c2cccc(Oc3ccnc(-c4cnn(C)c4)c3)c2C)cc1F. The number of ether oxygens (including phenoxy) is 2. The molecule has 4 aromatic rings. The maximum Gasteiger partial charge on any atom is 0.251 e. The third kappa shape index (κ3) is 5.01. The molecule has 0 atom stereocenters. The second kappa shape index (κ2) is 9.52. The van der Waals surface area contributed by atoms with Crippen molar-refractivity contribution in [2.45, 2.75) is 13.5 Å². The summed E-state index contributed by atoms with van der Waals surface area (Å²) >= 11 is 0. The molecule has 4 rings (SSSR count). The Balaban J connectivity index is 1.48. The highest BCUT2D eigenvalue weighted by Gasteiger charge is 2.14. The van der Waals surface area contributed by atoms with Gasteiger partial charge in [0.25, 0.3) is 5.91 Å². The first kappa shape index (κ1) is 22.0. The van der Waals surface area contributed by atoms with E-state index in [4.69, 9.17) is 9.47 Å². The third-order valence-corrected chi connectivity index (χ3v) is 5.16. The lowest BCUT2D eigenvalue weighted by Crippen LogP contribution is -2.23. The van der Waals surface area contributed by atoms with Crippen LogP contribution in [-0.2, 0) is 13.6 Å². The Morgan fingerprint density at radius 1 is 1.15 bits per heavy atom. The predicted octanol–water partition coefficient (Wildman–Crippen LogP) is 4.66. The number of amides is 1. The molecule has 0 radical (unpaired) electrons. The van der Waals surface area contributed by atoms with Gasteiger partial charge in [0.2, 0.25) is 0 Å². The van der Waals surface area contributed by atoms with Crippen molar-refractivity contribution in [1.82, 2.24) is 20.1 Å². The minimum absolute atomic E-state index is 0.161. The van der Waals surface area contributed by atoms with Gasteiger partial charge in [-0.05, 0) is 42.8 Å². The molecule has 2 aromatic heterocycles. The number of aromatic nitrogens is 3. The van der Waals surface area contributed by atoms with Crippen molar-refractivity contribution < 1.29 is 18.7 Å². The van der Waals surface area contributed by atoms with Crippen molar-refractivity contribution >= 4 is 5.91 Å². The Morgan fingerprint density at radius 3 is 2.73 bits per heavy atom. The monoisotopic (exact) mass is 446 g/mol. The lowest BCUT2D eigenvalue weighted by molar-refractivity contribution is 0.0950. The van der Waals surface area contributed by atoms with Crippen LogP contribution in [0.4, 0.5) is 4.39 Å². The molecular weight excluding hydrogens is 423 g/mol. The Bertz CT molecular complexity index is 1300. The molecule has 2 aromatic carbocycles. The molecule has 0 saturated heterocycles. The summed E-state index contributed by atoms with van der Waals surface area (Å²) in [5, 5.41) is 6.99. The minimum Gasteiger partial charge on any atom is -0.494 e. The van der Waals surface area contributed by atoms with Gasteiger partial charge < -0.3 is 14.8 Å². The van der Waals surface area contributed by atoms with Gasteiger partial charge in [-0.3, -0.25) is 14.5 Å². The second-order valence-electron chi connectivity index (χ2n) is 7.46. The average Bonchev–Trinajstić information content (AvgIpc) is 3.25. The fourth-order valence-electron chi connectivity index (χ4n) is 3.38. The lowest BCUT2D eigenvalue weighted by atomic mass is 10.1. The average molecular weight is 446 g/mol. The number of nitrogens with one attached hydrogen (secondary N) is 1. The molecule has 0 saturated carbocycles. The van der Waals surface area contributed by atoms with Crippen LogP contribution >= 0.6 is 0 Å². The highest BCUT2D eigenvalue weighted by molar-refractivity contribution is 5.96. The van der Waals surface area contributed by atoms with E-state index in [-0.39, 0.29) is 18.2 Å². The number of hydrogen-bond acceptors (Lipinski definition) is 5. The van der Waals surface area contributed by atoms with Crippen LogP contribution in [0.15, 0.2) is 67.1 Å². The molecule has 168 valence electrons. The second-order valence-corrected chi connectivity index (χ2v) is 7.46. The topological polar surface area (TPSA) is 78.3 Å². The van der Waals surface area contributed by atoms with Crippen LogP contribution in [0, 0.1) is 12.7 Å². The molecule has 2 heterocycles. The van der Waals surface area contributed by atoms with Crippen LogP contribution in [-0.4, -0.2) is 27.8 Å². The van der Waals surface area contributed by atoms with Crippen LogP contribution < -0.4 is 14.8 Å². The standard InChI is InChI=1S/C25H23FN4O3/c1-16-20(25(31)28-13-17-7-8-24(32-3)21(26)11-17)5-4-6-23(16)33-19-9-10-27-22(12-19)18-14-29-30(2)15-18/h4-12,14-15H,13H2,1-3H3,(H,28,31). The Kier molecular flexibility index (Phi) is 6.35. The highest BCUT2D eigenvalue weighted by Crippen LogP contribution is 2.29. The fourth-order valence-corrected chi connectivity index (χ4v) is 3.38. The van der Waals surface area contributed by atoms with Gasteiger partial charge in [-0.2, -0.15) is 5.10 Å². The zero-order valence-corrected chi connectivity index (χ0v) is 18.5. The van der Waals surface area contributed by atoms with Crippen molar-refractivity contribution in [1.29, 1.82) is 0 Å². The molecule has 0 aliphatic carbocycles. The summed E-state index contributed by atoms with van der Waals surface area (Å²) in [7, 11) is 3.25. The molecule has 0 aliphatic rings. The number of hydrogen-bond donors (Lipinski definition) is 1. The minimum atomic E-state index is -0.473. The number of rotatable bonds is 7. The van der Waals surface area contributed by atoms with Crippen LogP contribution in [0.1, 0.15) is 21.5 Å². The van der Waals surface area contributed by atoms with Gasteiger partial charge in [-0.15, -0.1) is 0 Å². The van der Waals surface area contributed by atoms with Gasteiger partial charge in [0.05, 0.1) is 19.0 Å². The number of carbonyl (C=O) groups excluding carboxylic acids is 1. The maximum atomic E-state index is 13.9. The highest BCUT2D eigenvalue weighted by atomic mass is 19.1. The molecule has 1 N–H and O–H groups in total. The molecule has 7 nitrogen and oxygen atoms in total. The maximum absolute atomic E-state index is 13.9. The van der Waals surface area contributed by atoms with E-state index in [1.807, 2.05) is 26.2 Å². The van der Waals surface area contributed by atoms with Gasteiger partial charge in [-0.1, -0.05) is 12.1 Å². The zero-order valence-electron chi connectivity index (χ0n) is 18.5. The molecule has 0 spiro atoms. The van der Waals surface area contributed by atoms with Gasteiger partial charge in [0.15, 0.2) is 11.6 Å². The van der Waals surface area contributed by atoms with Gasteiger partial charge in [-0.25, -0.2) is 4.39 Å². The molecular formula is C25H23FN4O3. The molecule has 0 aliphatic heterocycles. The summed E-state index contributed by atoms with van der Waals surface area (Å²) in [5.74, 6) is 0.562. The van der Waals surface area contributed by atoms with E-state index in [9.17, 15) is 9.18 Å². The quantitative estimate of drug-likeness (QED) is 0.447. The van der Waals surface area contributed by atoms with Crippen LogP contribution in [0.2, 0.25) is 0 Å². The van der Waals surface area contributed by atoms with E-state index in [1.165, 1.54) is 19.2 Å². The van der Waals surface area contributed by atoms with Crippen LogP contribution in [0.25, 0.3) is 11.3 Å². The number of pyridine rings is 1. The summed E-state index contributed by atoms with van der Waals surface area (Å²) < 4.78 is 26.6. The summed E-state index contributed by atoms with van der Waals surface area (Å²) in [6, 6.07) is 13.4. The van der Waals surface area contributed by atoms with Crippen molar-refractivity contribution in [3.05, 3.63) is 89.6 Å². The lowest BCUT2D eigenvalue weighted by Gasteiger charge is -2.13. The molecule has 0 fully saturated rings. The van der Waals surface area contributed by atoms with E-state index in [0.29, 0.717) is 28.2 Å².